The molecule has 0 aliphatic rings. The lowest BCUT2D eigenvalue weighted by molar-refractivity contribution is 0.0637. The Morgan fingerprint density at radius 3 is 2.47 bits per heavy atom. The zero-order chi connectivity index (χ0) is 13.0. The molecule has 17 heavy (non-hydrogen) atoms. The molecule has 0 aromatic carbocycles. The Labute approximate surface area is 107 Å². The van der Waals surface area contributed by atoms with Crippen molar-refractivity contribution in [3.8, 4) is 0 Å². The minimum atomic E-state index is -0.00592. The molecule has 5 heteroatoms. The van der Waals surface area contributed by atoms with Crippen LogP contribution in [0.15, 0.2) is 5.38 Å². The number of thiazole rings is 1. The first-order valence-electron chi connectivity index (χ1n) is 5.73. The summed E-state index contributed by atoms with van der Waals surface area (Å²) in [5.74, 6) is -0.00592. The van der Waals surface area contributed by atoms with E-state index in [1.165, 1.54) is 11.3 Å². The second-order valence-corrected chi connectivity index (χ2v) is 5.40. The van der Waals surface area contributed by atoms with Crippen molar-refractivity contribution in [2.75, 3.05) is 7.11 Å². The van der Waals surface area contributed by atoms with E-state index in [9.17, 15) is 4.79 Å². The summed E-state index contributed by atoms with van der Waals surface area (Å²) in [6, 6.07) is 0.352. The van der Waals surface area contributed by atoms with Crippen LogP contribution in [0.2, 0.25) is 0 Å². The van der Waals surface area contributed by atoms with E-state index in [1.54, 1.807) is 12.5 Å². The second-order valence-electron chi connectivity index (χ2n) is 4.46. The molecule has 0 atom stereocenters. The van der Waals surface area contributed by atoms with Crippen molar-refractivity contribution in [2.24, 2.45) is 0 Å². The Hall–Kier alpha value is -0.940. The second kappa shape index (κ2) is 6.12. The van der Waals surface area contributed by atoms with Gasteiger partial charge in [-0.15, -0.1) is 11.3 Å². The van der Waals surface area contributed by atoms with Gasteiger partial charge in [0, 0.05) is 24.6 Å². The van der Waals surface area contributed by atoms with Gasteiger partial charge in [0.25, 0.3) is 5.91 Å². The van der Waals surface area contributed by atoms with Gasteiger partial charge in [0.1, 0.15) is 10.7 Å². The van der Waals surface area contributed by atoms with Crippen LogP contribution in [0.5, 0.6) is 0 Å². The Morgan fingerprint density at radius 2 is 2.00 bits per heavy atom. The monoisotopic (exact) mass is 256 g/mol. The van der Waals surface area contributed by atoms with Crippen LogP contribution in [0.4, 0.5) is 0 Å². The number of rotatable bonds is 5. The molecule has 0 saturated heterocycles. The lowest BCUT2D eigenvalue weighted by Gasteiger charge is -2.30. The van der Waals surface area contributed by atoms with E-state index in [0.29, 0.717) is 12.3 Å². The minimum absolute atomic E-state index is 0.00592. The molecule has 0 N–H and O–H groups in total. The molecule has 1 amide bonds. The highest BCUT2D eigenvalue weighted by molar-refractivity contribution is 7.09. The molecule has 0 aliphatic carbocycles. The van der Waals surface area contributed by atoms with Crippen LogP contribution in [0.25, 0.3) is 0 Å². The van der Waals surface area contributed by atoms with E-state index >= 15 is 0 Å². The van der Waals surface area contributed by atoms with Crippen molar-refractivity contribution in [3.05, 3.63) is 16.1 Å². The fourth-order valence-electron chi connectivity index (χ4n) is 1.80. The van der Waals surface area contributed by atoms with Gasteiger partial charge in [0.2, 0.25) is 0 Å². The summed E-state index contributed by atoms with van der Waals surface area (Å²) in [6.45, 7) is 8.52. The molecule has 0 spiro atoms. The molecule has 1 aromatic heterocycles. The number of carbonyl (C=O) groups is 1. The van der Waals surface area contributed by atoms with Gasteiger partial charge in [-0.25, -0.2) is 4.98 Å². The predicted octanol–water partition coefficient (Wildman–Crippen LogP) is 2.55. The van der Waals surface area contributed by atoms with Gasteiger partial charge in [-0.2, -0.15) is 0 Å². The molecule has 96 valence electrons. The largest absolute Gasteiger partial charge is 0.378 e. The van der Waals surface area contributed by atoms with E-state index in [1.807, 2.05) is 32.6 Å². The number of amides is 1. The van der Waals surface area contributed by atoms with E-state index < -0.39 is 0 Å². The summed E-state index contributed by atoms with van der Waals surface area (Å²) in [4.78, 5) is 18.4. The van der Waals surface area contributed by atoms with Gasteiger partial charge in [-0.3, -0.25) is 4.79 Å². The molecule has 0 radical (unpaired) electrons. The first-order valence-corrected chi connectivity index (χ1v) is 6.61. The highest BCUT2D eigenvalue weighted by Crippen LogP contribution is 2.16. The standard InChI is InChI=1S/C12H20N2O2S/c1-8(2)14(9(3)4)12(15)10-7-17-11(13-10)6-16-5/h7-9H,6H2,1-5H3. The number of nitrogens with zero attached hydrogens (tertiary/aromatic N) is 2. The fraction of sp³-hybridized carbons (Fsp3) is 0.667. The maximum absolute atomic E-state index is 12.3. The van der Waals surface area contributed by atoms with Crippen molar-refractivity contribution in [1.29, 1.82) is 0 Å². The Balaban J connectivity index is 2.86. The molecular weight excluding hydrogens is 236 g/mol. The van der Waals surface area contributed by atoms with Gasteiger partial charge in [-0.05, 0) is 27.7 Å². The third-order valence-electron chi connectivity index (χ3n) is 2.39. The molecule has 4 nitrogen and oxygen atoms in total. The molecule has 1 heterocycles. The molecule has 0 saturated carbocycles. The Morgan fingerprint density at radius 1 is 1.41 bits per heavy atom. The smallest absolute Gasteiger partial charge is 0.273 e. The zero-order valence-corrected chi connectivity index (χ0v) is 11.9. The number of carbonyl (C=O) groups excluding carboxylic acids is 1. The van der Waals surface area contributed by atoms with Gasteiger partial charge in [-0.1, -0.05) is 0 Å². The van der Waals surface area contributed by atoms with E-state index in [-0.39, 0.29) is 18.0 Å². The van der Waals surface area contributed by atoms with Crippen LogP contribution in [0.3, 0.4) is 0 Å². The quantitative estimate of drug-likeness (QED) is 0.813. The molecular formula is C12H20N2O2S. The first-order chi connectivity index (χ1) is 7.97. The Kier molecular flexibility index (Phi) is 5.08. The van der Waals surface area contributed by atoms with Crippen molar-refractivity contribution in [1.82, 2.24) is 9.88 Å². The first kappa shape index (κ1) is 14.1. The topological polar surface area (TPSA) is 42.4 Å². The highest BCUT2D eigenvalue weighted by atomic mass is 32.1. The molecule has 0 fully saturated rings. The maximum Gasteiger partial charge on any atom is 0.273 e. The zero-order valence-electron chi connectivity index (χ0n) is 11.1. The summed E-state index contributed by atoms with van der Waals surface area (Å²) >= 11 is 1.46. The molecule has 1 aromatic rings. The van der Waals surface area contributed by atoms with Crippen LogP contribution < -0.4 is 0 Å². The van der Waals surface area contributed by atoms with Crippen molar-refractivity contribution in [2.45, 2.75) is 46.4 Å². The van der Waals surface area contributed by atoms with Crippen LogP contribution in [-0.2, 0) is 11.3 Å². The van der Waals surface area contributed by atoms with Crippen molar-refractivity contribution < 1.29 is 9.53 Å². The van der Waals surface area contributed by atoms with E-state index in [2.05, 4.69) is 4.98 Å². The lowest BCUT2D eigenvalue weighted by atomic mass is 10.2. The van der Waals surface area contributed by atoms with E-state index in [4.69, 9.17) is 4.74 Å². The Bertz CT molecular complexity index is 366. The van der Waals surface area contributed by atoms with Gasteiger partial charge < -0.3 is 9.64 Å². The van der Waals surface area contributed by atoms with Gasteiger partial charge in [0.15, 0.2) is 0 Å². The van der Waals surface area contributed by atoms with Crippen molar-refractivity contribution >= 4 is 17.2 Å². The molecule has 0 bridgehead atoms. The minimum Gasteiger partial charge on any atom is -0.378 e. The third kappa shape index (κ3) is 3.51. The number of aromatic nitrogens is 1. The van der Waals surface area contributed by atoms with Crippen LogP contribution >= 0.6 is 11.3 Å². The van der Waals surface area contributed by atoms with Crippen LogP contribution in [-0.4, -0.2) is 35.0 Å². The number of methoxy groups -OCH3 is 1. The molecule has 0 unspecified atom stereocenters. The summed E-state index contributed by atoms with van der Waals surface area (Å²) < 4.78 is 5.00. The normalized spacial score (nSPS) is 11.2. The SMILES string of the molecule is COCc1nc(C(=O)N(C(C)C)C(C)C)cs1. The predicted molar refractivity (Wildman–Crippen MR) is 69.3 cm³/mol. The molecule has 1 rings (SSSR count). The number of hydrogen-bond acceptors (Lipinski definition) is 4. The van der Waals surface area contributed by atoms with Crippen LogP contribution in [0, 0.1) is 0 Å². The summed E-state index contributed by atoms with van der Waals surface area (Å²) in [6.07, 6.45) is 0. The number of ether oxygens (including phenoxy) is 1. The summed E-state index contributed by atoms with van der Waals surface area (Å²) in [7, 11) is 1.62. The van der Waals surface area contributed by atoms with E-state index in [0.717, 1.165) is 5.01 Å². The fourth-order valence-corrected chi connectivity index (χ4v) is 2.53. The maximum atomic E-state index is 12.3. The van der Waals surface area contributed by atoms with Gasteiger partial charge >= 0.3 is 0 Å². The van der Waals surface area contributed by atoms with Crippen molar-refractivity contribution in [3.63, 3.8) is 0 Å². The van der Waals surface area contributed by atoms with Crippen LogP contribution in [0.1, 0.15) is 43.2 Å². The summed E-state index contributed by atoms with van der Waals surface area (Å²) in [5.41, 5.74) is 0.518. The average molecular weight is 256 g/mol. The number of hydrogen-bond donors (Lipinski definition) is 0. The highest BCUT2D eigenvalue weighted by Gasteiger charge is 2.23. The average Bonchev–Trinajstić information content (AvgIpc) is 2.65. The van der Waals surface area contributed by atoms with Gasteiger partial charge in [0.05, 0.1) is 6.61 Å². The summed E-state index contributed by atoms with van der Waals surface area (Å²) in [5, 5.41) is 2.64. The third-order valence-corrected chi connectivity index (χ3v) is 3.21. The lowest BCUT2D eigenvalue weighted by Crippen LogP contribution is -2.42. The molecule has 0 aliphatic heterocycles.